The molecule has 0 radical (unpaired) electrons. The van der Waals surface area contributed by atoms with Crippen molar-refractivity contribution in [3.63, 3.8) is 0 Å². The third-order valence-electron chi connectivity index (χ3n) is 4.42. The highest BCUT2D eigenvalue weighted by atomic mass is 14.8. The van der Waals surface area contributed by atoms with E-state index in [1.54, 1.807) is 6.20 Å². The quantitative estimate of drug-likeness (QED) is 0.600. The van der Waals surface area contributed by atoms with Crippen molar-refractivity contribution >= 4 is 17.5 Å². The molecule has 3 heteroatoms. The Bertz CT molecular complexity index is 1040. The number of hydrogen-bond donors (Lipinski definition) is 0. The Morgan fingerprint density at radius 1 is 0.962 bits per heavy atom. The Morgan fingerprint density at radius 3 is 2.73 bits per heavy atom. The summed E-state index contributed by atoms with van der Waals surface area (Å²) in [6.07, 6.45) is 6.64. The van der Waals surface area contributed by atoms with E-state index in [-0.39, 0.29) is 0 Å². The van der Waals surface area contributed by atoms with Crippen molar-refractivity contribution in [2.24, 2.45) is 4.99 Å². The largest absolute Gasteiger partial charge is 0.280 e. The number of fused-ring (bicyclic) bond motifs is 1. The van der Waals surface area contributed by atoms with Crippen molar-refractivity contribution in [3.05, 3.63) is 112 Å². The average molecular weight is 335 g/mol. The van der Waals surface area contributed by atoms with Gasteiger partial charge in [0.2, 0.25) is 0 Å². The van der Waals surface area contributed by atoms with E-state index in [4.69, 9.17) is 6.57 Å². The monoisotopic (exact) mass is 335 g/mol. The first-order valence-electron chi connectivity index (χ1n) is 8.54. The molecule has 0 atom stereocenters. The summed E-state index contributed by atoms with van der Waals surface area (Å²) in [5.74, 6) is 0. The van der Waals surface area contributed by atoms with E-state index >= 15 is 0 Å². The summed E-state index contributed by atoms with van der Waals surface area (Å²) >= 11 is 0. The van der Waals surface area contributed by atoms with Crippen LogP contribution in [0.4, 0.5) is 5.69 Å². The van der Waals surface area contributed by atoms with E-state index in [0.717, 1.165) is 29.9 Å². The topological polar surface area (TPSA) is 29.6 Å². The summed E-state index contributed by atoms with van der Waals surface area (Å²) in [4.78, 5) is 12.5. The first kappa shape index (κ1) is 16.0. The number of hydrogen-bond acceptors (Lipinski definition) is 2. The third kappa shape index (κ3) is 3.45. The molecule has 0 saturated carbocycles. The van der Waals surface area contributed by atoms with Crippen molar-refractivity contribution in [2.75, 3.05) is 0 Å². The van der Waals surface area contributed by atoms with Crippen LogP contribution < -0.4 is 0 Å². The lowest BCUT2D eigenvalue weighted by molar-refractivity contribution is 1.10. The predicted octanol–water partition coefficient (Wildman–Crippen LogP) is 5.24. The lowest BCUT2D eigenvalue weighted by atomic mass is 9.98. The van der Waals surface area contributed by atoms with Gasteiger partial charge in [0, 0.05) is 11.8 Å². The van der Waals surface area contributed by atoms with Crippen molar-refractivity contribution in [3.8, 4) is 0 Å². The maximum absolute atomic E-state index is 7.16. The number of nitrogens with zero attached hydrogens (tertiary/aromatic N) is 3. The molecular weight excluding hydrogens is 318 g/mol. The van der Waals surface area contributed by atoms with E-state index in [2.05, 4.69) is 39.1 Å². The Hall–Kier alpha value is -3.51. The summed E-state index contributed by atoms with van der Waals surface area (Å²) in [5.41, 5.74) is 7.44. The molecule has 0 unspecified atom stereocenters. The molecule has 0 spiro atoms. The fraction of sp³-hybridized carbons (Fsp3) is 0.0870. The van der Waals surface area contributed by atoms with Crippen LogP contribution in [0.2, 0.25) is 0 Å². The molecule has 1 aromatic heterocycles. The third-order valence-corrected chi connectivity index (χ3v) is 4.42. The molecule has 0 saturated heterocycles. The van der Waals surface area contributed by atoms with Gasteiger partial charge >= 0.3 is 0 Å². The van der Waals surface area contributed by atoms with Crippen LogP contribution in [0.15, 0.2) is 77.9 Å². The summed E-state index contributed by atoms with van der Waals surface area (Å²) in [6, 6.07) is 20.2. The molecule has 2 heterocycles. The van der Waals surface area contributed by atoms with E-state index < -0.39 is 0 Å². The zero-order chi connectivity index (χ0) is 17.8. The van der Waals surface area contributed by atoms with Crippen LogP contribution in [0.25, 0.3) is 10.9 Å². The molecular formula is C23H17N3. The first-order chi connectivity index (χ1) is 12.8. The smallest absolute Gasteiger partial charge is 0.187 e. The summed E-state index contributed by atoms with van der Waals surface area (Å²) in [7, 11) is 0. The second kappa shape index (κ2) is 7.16. The van der Waals surface area contributed by atoms with Gasteiger partial charge in [0.25, 0.3) is 0 Å². The highest BCUT2D eigenvalue weighted by Crippen LogP contribution is 2.24. The first-order valence-corrected chi connectivity index (χ1v) is 8.54. The normalized spacial score (nSPS) is 12.7. The van der Waals surface area contributed by atoms with Gasteiger partial charge in [-0.3, -0.25) is 9.98 Å². The zero-order valence-corrected chi connectivity index (χ0v) is 14.3. The Morgan fingerprint density at radius 2 is 1.88 bits per heavy atom. The zero-order valence-electron chi connectivity index (χ0n) is 14.3. The summed E-state index contributed by atoms with van der Waals surface area (Å²) in [5, 5.41) is 0. The fourth-order valence-corrected chi connectivity index (χ4v) is 3.12. The molecule has 3 aromatic rings. The molecule has 124 valence electrons. The van der Waals surface area contributed by atoms with Crippen LogP contribution in [0.3, 0.4) is 0 Å². The number of allylic oxidation sites excluding steroid dienone is 1. The highest BCUT2D eigenvalue weighted by Gasteiger charge is 2.14. The molecule has 0 amide bonds. The molecule has 4 rings (SSSR count). The van der Waals surface area contributed by atoms with Crippen molar-refractivity contribution in [2.45, 2.75) is 13.0 Å². The van der Waals surface area contributed by atoms with Crippen LogP contribution in [-0.2, 0) is 13.0 Å². The maximum Gasteiger partial charge on any atom is 0.187 e. The summed E-state index contributed by atoms with van der Waals surface area (Å²) in [6.45, 7) is 7.89. The molecule has 0 fully saturated rings. The van der Waals surface area contributed by atoms with Crippen LogP contribution in [0.1, 0.15) is 27.9 Å². The van der Waals surface area contributed by atoms with Gasteiger partial charge in [-0.2, -0.15) is 0 Å². The lowest BCUT2D eigenvalue weighted by Crippen LogP contribution is -1.97. The van der Waals surface area contributed by atoms with Crippen LogP contribution in [0.5, 0.6) is 0 Å². The minimum atomic E-state index is 0.684. The minimum Gasteiger partial charge on any atom is -0.280 e. The van der Waals surface area contributed by atoms with Crippen LogP contribution >= 0.6 is 0 Å². The number of benzene rings is 2. The average Bonchev–Trinajstić information content (AvgIpc) is 3.09. The van der Waals surface area contributed by atoms with Gasteiger partial charge in [0.05, 0.1) is 24.5 Å². The standard InChI is InChI=1S/C23H17N3/c1-24-21-7-4-5-17(14-21)13-18-8-9-19-16-26-23(22(19)15-18)11-10-20-6-2-3-12-25-20/h2-12,14-15H,13,16H2/b11-10+. The highest BCUT2D eigenvalue weighted by molar-refractivity contribution is 6.13. The summed E-state index contributed by atoms with van der Waals surface area (Å²) < 4.78 is 0. The lowest BCUT2D eigenvalue weighted by Gasteiger charge is -2.06. The van der Waals surface area contributed by atoms with Gasteiger partial charge in [-0.15, -0.1) is 0 Å². The van der Waals surface area contributed by atoms with Crippen molar-refractivity contribution in [1.29, 1.82) is 0 Å². The van der Waals surface area contributed by atoms with Crippen molar-refractivity contribution in [1.82, 2.24) is 4.98 Å². The molecule has 3 nitrogen and oxygen atoms in total. The molecule has 0 N–H and O–H groups in total. The Balaban J connectivity index is 1.57. The minimum absolute atomic E-state index is 0.684. The number of aromatic nitrogens is 1. The molecule has 0 aliphatic carbocycles. The van der Waals surface area contributed by atoms with Gasteiger partial charge in [0.1, 0.15) is 0 Å². The number of pyridine rings is 1. The molecule has 1 aliphatic heterocycles. The van der Waals surface area contributed by atoms with Gasteiger partial charge in [-0.1, -0.05) is 48.0 Å². The maximum atomic E-state index is 7.16. The number of aliphatic imine (C=N–C) groups is 1. The Labute approximate surface area is 153 Å². The second-order valence-corrected chi connectivity index (χ2v) is 6.24. The van der Waals surface area contributed by atoms with Crippen molar-refractivity contribution < 1.29 is 0 Å². The van der Waals surface area contributed by atoms with E-state index in [1.165, 1.54) is 16.7 Å². The molecule has 0 bridgehead atoms. The second-order valence-electron chi connectivity index (χ2n) is 6.24. The van der Waals surface area contributed by atoms with Gasteiger partial charge in [-0.05, 0) is 47.9 Å². The SMILES string of the molecule is [C-]#[N+]c1cccc(Cc2ccc3c(c2)C(/C=C/c2ccccn2)=NC3)c1. The number of rotatable bonds is 4. The van der Waals surface area contributed by atoms with Crippen LogP contribution in [0, 0.1) is 6.57 Å². The predicted molar refractivity (Wildman–Crippen MR) is 105 cm³/mol. The van der Waals surface area contributed by atoms with Gasteiger partial charge < -0.3 is 0 Å². The van der Waals surface area contributed by atoms with E-state index in [0.29, 0.717) is 5.69 Å². The van der Waals surface area contributed by atoms with E-state index in [1.807, 2.05) is 48.6 Å². The molecule has 1 aliphatic rings. The Kier molecular flexibility index (Phi) is 4.40. The molecule has 2 aromatic carbocycles. The van der Waals surface area contributed by atoms with E-state index in [9.17, 15) is 0 Å². The fourth-order valence-electron chi connectivity index (χ4n) is 3.12. The van der Waals surface area contributed by atoms with Gasteiger partial charge in [-0.25, -0.2) is 4.85 Å². The van der Waals surface area contributed by atoms with Crippen LogP contribution in [-0.4, -0.2) is 10.7 Å². The van der Waals surface area contributed by atoms with Gasteiger partial charge in [0.15, 0.2) is 5.69 Å². The molecule has 26 heavy (non-hydrogen) atoms.